The molecular weight excluding hydrogens is 372 g/mol. The van der Waals surface area contributed by atoms with Crippen LogP contribution in [0.3, 0.4) is 0 Å². The van der Waals surface area contributed by atoms with Crippen LogP contribution in [0.4, 0.5) is 5.82 Å². The van der Waals surface area contributed by atoms with E-state index in [2.05, 4.69) is 48.0 Å². The second-order valence-corrected chi connectivity index (χ2v) is 10.0. The fourth-order valence-electron chi connectivity index (χ4n) is 4.05. The van der Waals surface area contributed by atoms with Crippen LogP contribution in [0.15, 0.2) is 45.7 Å². The normalized spacial score (nSPS) is 20.6. The molecule has 2 aromatic rings. The van der Waals surface area contributed by atoms with Gasteiger partial charge in [-0.15, -0.1) is 0 Å². The zero-order chi connectivity index (χ0) is 20.1. The lowest BCUT2D eigenvalue weighted by Crippen LogP contribution is -2.37. The predicted octanol–water partition coefficient (Wildman–Crippen LogP) is 3.87. The number of Topliss-reactive ketones (excluding diaryl/α,β-unsaturated/α-hetero) is 1. The van der Waals surface area contributed by atoms with Gasteiger partial charge in [0, 0.05) is 41.3 Å². The summed E-state index contributed by atoms with van der Waals surface area (Å²) in [6.07, 6.45) is 4.63. The lowest BCUT2D eigenvalue weighted by Gasteiger charge is -2.38. The summed E-state index contributed by atoms with van der Waals surface area (Å²) in [6.45, 7) is 8.30. The van der Waals surface area contributed by atoms with Gasteiger partial charge in [-0.3, -0.25) is 14.6 Å². The van der Waals surface area contributed by atoms with Gasteiger partial charge in [0.25, 0.3) is 5.56 Å². The van der Waals surface area contributed by atoms with Crippen molar-refractivity contribution < 1.29 is 4.79 Å². The Morgan fingerprint density at radius 3 is 2.71 bits per heavy atom. The molecule has 4 rings (SSSR count). The number of carbonyl (C=O) groups excluding carboxylic acids is 1. The van der Waals surface area contributed by atoms with Crippen molar-refractivity contribution in [1.82, 2.24) is 15.0 Å². The van der Waals surface area contributed by atoms with Crippen molar-refractivity contribution in [1.29, 1.82) is 0 Å². The molecular formula is C21H24N4O2S. The quantitative estimate of drug-likeness (QED) is 0.605. The van der Waals surface area contributed by atoms with Crippen LogP contribution in [-0.2, 0) is 4.79 Å². The molecule has 3 heterocycles. The van der Waals surface area contributed by atoms with Gasteiger partial charge in [0.1, 0.15) is 5.82 Å². The monoisotopic (exact) mass is 396 g/mol. The number of nitrogens with one attached hydrogen (secondary N) is 2. The first kappa shape index (κ1) is 18.9. The fourth-order valence-corrected chi connectivity index (χ4v) is 4.79. The molecule has 1 aliphatic heterocycles. The maximum absolute atomic E-state index is 13.1. The zero-order valence-electron chi connectivity index (χ0n) is 16.5. The largest absolute Gasteiger partial charge is 0.343 e. The number of H-pyrrole nitrogens is 1. The molecule has 1 atom stereocenters. The molecule has 6 nitrogen and oxygen atoms in total. The Labute approximate surface area is 168 Å². The summed E-state index contributed by atoms with van der Waals surface area (Å²) >= 11 is 1.51. The molecule has 0 spiro atoms. The Balaban J connectivity index is 1.93. The van der Waals surface area contributed by atoms with E-state index in [1.54, 1.807) is 12.4 Å². The summed E-state index contributed by atoms with van der Waals surface area (Å²) in [5, 5.41) is 4.21. The van der Waals surface area contributed by atoms with Crippen molar-refractivity contribution in [2.24, 2.45) is 5.41 Å². The lowest BCUT2D eigenvalue weighted by molar-refractivity contribution is -0.118. The van der Waals surface area contributed by atoms with Crippen LogP contribution in [0.2, 0.25) is 0 Å². The molecule has 2 aliphatic rings. The number of anilines is 1. The first-order valence-corrected chi connectivity index (χ1v) is 10.4. The number of pyridine rings is 1. The molecule has 0 saturated carbocycles. The number of aromatic amines is 1. The third-order valence-corrected chi connectivity index (χ3v) is 5.95. The van der Waals surface area contributed by atoms with Gasteiger partial charge in [-0.1, -0.05) is 45.5 Å². The van der Waals surface area contributed by atoms with Crippen LogP contribution >= 0.6 is 11.8 Å². The molecule has 0 amide bonds. The number of aromatic nitrogens is 3. The summed E-state index contributed by atoms with van der Waals surface area (Å²) in [5.41, 5.74) is 2.54. The fraction of sp³-hybridized carbons (Fsp3) is 0.429. The number of fused-ring (bicyclic) bond motifs is 1. The van der Waals surface area contributed by atoms with Crippen LogP contribution in [0.5, 0.6) is 0 Å². The molecule has 0 fully saturated rings. The molecule has 0 saturated heterocycles. The van der Waals surface area contributed by atoms with E-state index in [0.29, 0.717) is 33.8 Å². The van der Waals surface area contributed by atoms with Crippen LogP contribution < -0.4 is 10.9 Å². The van der Waals surface area contributed by atoms with E-state index < -0.39 is 5.92 Å². The zero-order valence-corrected chi connectivity index (χ0v) is 17.3. The van der Waals surface area contributed by atoms with E-state index in [1.165, 1.54) is 11.8 Å². The van der Waals surface area contributed by atoms with E-state index >= 15 is 0 Å². The van der Waals surface area contributed by atoms with Crippen molar-refractivity contribution >= 4 is 23.4 Å². The number of hydrogen-bond acceptors (Lipinski definition) is 6. The molecule has 0 aromatic carbocycles. The first-order chi connectivity index (χ1) is 13.2. The summed E-state index contributed by atoms with van der Waals surface area (Å²) < 4.78 is 0. The van der Waals surface area contributed by atoms with Gasteiger partial charge in [0.2, 0.25) is 0 Å². The second kappa shape index (κ2) is 6.88. The average molecular weight is 397 g/mol. The van der Waals surface area contributed by atoms with Crippen LogP contribution in [-0.4, -0.2) is 26.0 Å². The number of nitrogens with zero attached hydrogens (tertiary/aromatic N) is 2. The molecule has 28 heavy (non-hydrogen) atoms. The van der Waals surface area contributed by atoms with Gasteiger partial charge in [-0.2, -0.15) is 0 Å². The third-order valence-electron chi connectivity index (χ3n) is 5.07. The van der Waals surface area contributed by atoms with E-state index in [0.717, 1.165) is 17.7 Å². The van der Waals surface area contributed by atoms with Crippen molar-refractivity contribution in [3.63, 3.8) is 0 Å². The first-order valence-electron chi connectivity index (χ1n) is 9.49. The molecule has 0 bridgehead atoms. The van der Waals surface area contributed by atoms with Gasteiger partial charge < -0.3 is 10.3 Å². The number of hydrogen-bond donors (Lipinski definition) is 2. The standard InChI is InChI=1S/C21H24N4O2S/c1-11(2)28-20-24-18-17(19(27)25-20)15(12-6-5-7-22-10-12)16-13(23-18)8-21(3,4)9-14(16)26/h5-7,10-11,15H,8-9H2,1-4H3,(H2,23,24,25,27)/t15-/m1/s1. The highest BCUT2D eigenvalue weighted by molar-refractivity contribution is 7.99. The maximum atomic E-state index is 13.1. The van der Waals surface area contributed by atoms with Gasteiger partial charge >= 0.3 is 0 Å². The lowest BCUT2D eigenvalue weighted by atomic mass is 9.69. The third kappa shape index (κ3) is 3.39. The van der Waals surface area contributed by atoms with Gasteiger partial charge in [0.05, 0.1) is 5.56 Å². The van der Waals surface area contributed by atoms with Gasteiger partial charge in [-0.25, -0.2) is 4.98 Å². The molecule has 1 aliphatic carbocycles. The average Bonchev–Trinajstić information content (AvgIpc) is 2.59. The Kier molecular flexibility index (Phi) is 4.65. The van der Waals surface area contributed by atoms with E-state index in [1.807, 2.05) is 12.1 Å². The summed E-state index contributed by atoms with van der Waals surface area (Å²) in [5.74, 6) is 0.182. The number of carbonyl (C=O) groups is 1. The number of allylic oxidation sites excluding steroid dienone is 2. The Hall–Kier alpha value is -2.41. The van der Waals surface area contributed by atoms with E-state index in [9.17, 15) is 9.59 Å². The van der Waals surface area contributed by atoms with Crippen molar-refractivity contribution in [2.45, 2.75) is 56.9 Å². The minimum atomic E-state index is -0.446. The molecule has 2 N–H and O–H groups in total. The highest BCUT2D eigenvalue weighted by Gasteiger charge is 2.42. The Bertz CT molecular complexity index is 1020. The molecule has 7 heteroatoms. The predicted molar refractivity (Wildman–Crippen MR) is 111 cm³/mol. The van der Waals surface area contributed by atoms with Gasteiger partial charge in [-0.05, 0) is 23.5 Å². The topological polar surface area (TPSA) is 87.7 Å². The summed E-state index contributed by atoms with van der Waals surface area (Å²) in [6, 6.07) is 3.75. The molecule has 2 aromatic heterocycles. The van der Waals surface area contributed by atoms with Crippen LogP contribution in [0.1, 0.15) is 57.6 Å². The Morgan fingerprint density at radius 1 is 1.25 bits per heavy atom. The Morgan fingerprint density at radius 2 is 2.04 bits per heavy atom. The van der Waals surface area contributed by atoms with Crippen LogP contribution in [0, 0.1) is 5.41 Å². The second-order valence-electron chi connectivity index (χ2n) is 8.48. The molecule has 0 unspecified atom stereocenters. The van der Waals surface area contributed by atoms with Crippen molar-refractivity contribution in [3.8, 4) is 0 Å². The maximum Gasteiger partial charge on any atom is 0.257 e. The molecule has 146 valence electrons. The minimum Gasteiger partial charge on any atom is -0.343 e. The van der Waals surface area contributed by atoms with Gasteiger partial charge in [0.15, 0.2) is 10.9 Å². The number of ketones is 1. The minimum absolute atomic E-state index is 0.0817. The van der Waals surface area contributed by atoms with E-state index in [4.69, 9.17) is 0 Å². The summed E-state index contributed by atoms with van der Waals surface area (Å²) in [7, 11) is 0. The van der Waals surface area contributed by atoms with Crippen LogP contribution in [0.25, 0.3) is 0 Å². The van der Waals surface area contributed by atoms with Crippen molar-refractivity contribution in [3.05, 3.63) is 57.3 Å². The SMILES string of the molecule is CC(C)Sc1nc2c(c(=O)[nH]1)[C@H](c1cccnc1)C1=C(CC(C)(C)CC1=O)N2. The smallest absolute Gasteiger partial charge is 0.257 e. The number of rotatable bonds is 3. The van der Waals surface area contributed by atoms with Crippen molar-refractivity contribution in [2.75, 3.05) is 5.32 Å². The number of thioether (sulfide) groups is 1. The summed E-state index contributed by atoms with van der Waals surface area (Å²) in [4.78, 5) is 38.0. The highest BCUT2D eigenvalue weighted by Crippen LogP contribution is 2.47. The highest BCUT2D eigenvalue weighted by atomic mass is 32.2. The van der Waals surface area contributed by atoms with E-state index in [-0.39, 0.29) is 16.8 Å². The molecule has 0 radical (unpaired) electrons.